The summed E-state index contributed by atoms with van der Waals surface area (Å²) in [5.41, 5.74) is 0. The zero-order valence-corrected chi connectivity index (χ0v) is 41.0. The molecule has 0 bridgehead atoms. The molecule has 0 amide bonds. The van der Waals surface area contributed by atoms with Gasteiger partial charge >= 0.3 is 17.9 Å². The molecule has 0 aliphatic carbocycles. The Hall–Kier alpha value is -4.19. The predicted molar refractivity (Wildman–Crippen MR) is 274 cm³/mol. The van der Waals surface area contributed by atoms with Gasteiger partial charge in [0.2, 0.25) is 0 Å². The number of carbonyl (C=O) groups excluding carboxylic acids is 3. The topological polar surface area (TPSA) is 78.9 Å². The highest BCUT2D eigenvalue weighted by Gasteiger charge is 2.19. The molecule has 0 saturated heterocycles. The van der Waals surface area contributed by atoms with E-state index in [-0.39, 0.29) is 50.4 Å². The normalized spacial score (nSPS) is 13.1. The molecule has 64 heavy (non-hydrogen) atoms. The number of carbonyl (C=O) groups is 3. The van der Waals surface area contributed by atoms with Crippen molar-refractivity contribution < 1.29 is 28.6 Å². The van der Waals surface area contributed by atoms with E-state index in [2.05, 4.69) is 136 Å². The van der Waals surface area contributed by atoms with Crippen molar-refractivity contribution in [1.29, 1.82) is 0 Å². The molecule has 1 atom stereocenters. The van der Waals surface area contributed by atoms with Crippen molar-refractivity contribution in [2.75, 3.05) is 13.2 Å². The Morgan fingerprint density at radius 1 is 0.328 bits per heavy atom. The first kappa shape index (κ1) is 59.8. The van der Waals surface area contributed by atoms with Gasteiger partial charge in [0.25, 0.3) is 0 Å². The Bertz CT molecular complexity index is 1390. The van der Waals surface area contributed by atoms with E-state index < -0.39 is 6.10 Å². The quantitative estimate of drug-likeness (QED) is 0.0262. The van der Waals surface area contributed by atoms with Crippen molar-refractivity contribution in [3.63, 3.8) is 0 Å². The van der Waals surface area contributed by atoms with Gasteiger partial charge < -0.3 is 14.2 Å². The Labute approximate surface area is 392 Å². The molecule has 0 rings (SSSR count). The summed E-state index contributed by atoms with van der Waals surface area (Å²) in [7, 11) is 0. The third-order valence-electron chi connectivity index (χ3n) is 10.2. The monoisotopic (exact) mass is 885 g/mol. The molecule has 0 fully saturated rings. The van der Waals surface area contributed by atoms with Crippen molar-refractivity contribution in [3.05, 3.63) is 122 Å². The third kappa shape index (κ3) is 48.8. The predicted octanol–water partition coefficient (Wildman–Crippen LogP) is 16.9. The van der Waals surface area contributed by atoms with Gasteiger partial charge in [0.05, 0.1) is 0 Å². The summed E-state index contributed by atoms with van der Waals surface area (Å²) in [6.45, 7) is 6.27. The second kappa shape index (κ2) is 51.4. The SMILES string of the molecule is CC/C=C/C/C=C/C/C=C/C/C=C/C/C=C/CCCC(=O)OCC(COC(=O)CC/C=C/C/C=C/CCCCCCCC)OC(=O)CCCCCCCC/C=C/C/C=C/C/C=C/CC. The maximum atomic E-state index is 12.8. The van der Waals surface area contributed by atoms with Gasteiger partial charge in [-0.1, -0.05) is 200 Å². The van der Waals surface area contributed by atoms with E-state index >= 15 is 0 Å². The van der Waals surface area contributed by atoms with Gasteiger partial charge in [-0.3, -0.25) is 14.4 Å². The molecule has 1 unspecified atom stereocenters. The van der Waals surface area contributed by atoms with Crippen LogP contribution in [0.4, 0.5) is 0 Å². The van der Waals surface area contributed by atoms with Gasteiger partial charge in [-0.25, -0.2) is 0 Å². The van der Waals surface area contributed by atoms with Crippen molar-refractivity contribution in [2.24, 2.45) is 0 Å². The molecule has 0 aromatic heterocycles. The first-order valence-corrected chi connectivity index (χ1v) is 25.5. The lowest BCUT2D eigenvalue weighted by Gasteiger charge is -2.18. The lowest BCUT2D eigenvalue weighted by molar-refractivity contribution is -0.166. The van der Waals surface area contributed by atoms with E-state index in [1.807, 2.05) is 6.08 Å². The molecule has 0 aromatic rings. The van der Waals surface area contributed by atoms with Crippen LogP contribution >= 0.6 is 0 Å². The fourth-order valence-corrected chi connectivity index (χ4v) is 6.43. The molecule has 6 heteroatoms. The second-order valence-corrected chi connectivity index (χ2v) is 16.3. The van der Waals surface area contributed by atoms with E-state index in [0.717, 1.165) is 103 Å². The van der Waals surface area contributed by atoms with Crippen LogP contribution in [0, 0.1) is 0 Å². The number of hydrogen-bond acceptors (Lipinski definition) is 6. The minimum atomic E-state index is -0.833. The Kier molecular flexibility index (Phi) is 48.1. The highest BCUT2D eigenvalue weighted by Crippen LogP contribution is 2.12. The van der Waals surface area contributed by atoms with Crippen molar-refractivity contribution in [1.82, 2.24) is 0 Å². The maximum absolute atomic E-state index is 12.8. The van der Waals surface area contributed by atoms with Gasteiger partial charge in [-0.15, -0.1) is 0 Å². The summed E-state index contributed by atoms with van der Waals surface area (Å²) >= 11 is 0. The molecular formula is C58H92O6. The molecule has 0 heterocycles. The van der Waals surface area contributed by atoms with Crippen LogP contribution in [0.25, 0.3) is 0 Å². The second-order valence-electron chi connectivity index (χ2n) is 16.3. The van der Waals surface area contributed by atoms with E-state index in [4.69, 9.17) is 14.2 Å². The standard InChI is InChI=1S/C58H92O6/c1-4-7-10-13-16-19-22-25-27-29-31-33-36-39-42-45-48-51-57(60)63-54-55(53-62-56(59)50-47-44-41-38-35-32-24-21-18-15-12-9-6-3)64-58(61)52-49-46-43-40-37-34-30-28-26-23-20-17-14-11-8-5-2/h7-8,10-11,16-17,19-20,25-28,31-33,35,39,41-42,44,55H,4-6,9,12-15,18,21-24,29-30,34,36-38,40,43,45-54H2,1-3H3/b10-7+,11-8+,19-16+,20-17+,27-25+,28-26+,33-31+,35-32+,42-39+,44-41+. The highest BCUT2D eigenvalue weighted by molar-refractivity contribution is 5.71. The summed E-state index contributed by atoms with van der Waals surface area (Å²) in [4.78, 5) is 37.9. The van der Waals surface area contributed by atoms with Gasteiger partial charge in [-0.2, -0.15) is 0 Å². The minimum absolute atomic E-state index is 0.133. The van der Waals surface area contributed by atoms with Crippen LogP contribution in [-0.2, 0) is 28.6 Å². The lowest BCUT2D eigenvalue weighted by atomic mass is 10.1. The minimum Gasteiger partial charge on any atom is -0.462 e. The average molecular weight is 885 g/mol. The van der Waals surface area contributed by atoms with Gasteiger partial charge in [0.1, 0.15) is 13.2 Å². The molecule has 0 aliphatic heterocycles. The maximum Gasteiger partial charge on any atom is 0.306 e. The van der Waals surface area contributed by atoms with Crippen LogP contribution in [0.1, 0.15) is 207 Å². The van der Waals surface area contributed by atoms with Crippen molar-refractivity contribution in [2.45, 2.75) is 213 Å². The van der Waals surface area contributed by atoms with Gasteiger partial charge in [0, 0.05) is 19.3 Å². The highest BCUT2D eigenvalue weighted by atomic mass is 16.6. The van der Waals surface area contributed by atoms with E-state index in [9.17, 15) is 14.4 Å². The van der Waals surface area contributed by atoms with E-state index in [1.54, 1.807) is 0 Å². The lowest BCUT2D eigenvalue weighted by Crippen LogP contribution is -2.30. The molecule has 0 radical (unpaired) electrons. The molecule has 0 N–H and O–H groups in total. The molecule has 6 nitrogen and oxygen atoms in total. The van der Waals surface area contributed by atoms with Gasteiger partial charge in [0.15, 0.2) is 6.10 Å². The first-order valence-electron chi connectivity index (χ1n) is 25.5. The van der Waals surface area contributed by atoms with Crippen molar-refractivity contribution in [3.8, 4) is 0 Å². The molecule has 360 valence electrons. The summed E-state index contributed by atoms with van der Waals surface area (Å²) in [6.07, 6.45) is 70.6. The largest absolute Gasteiger partial charge is 0.462 e. The fraction of sp³-hybridized carbons (Fsp3) is 0.603. The summed E-state index contributed by atoms with van der Waals surface area (Å²) in [6, 6.07) is 0. The molecular weight excluding hydrogens is 793 g/mol. The fourth-order valence-electron chi connectivity index (χ4n) is 6.43. The number of rotatable bonds is 44. The summed E-state index contributed by atoms with van der Waals surface area (Å²) in [5, 5.41) is 0. The average Bonchev–Trinajstić information content (AvgIpc) is 3.29. The summed E-state index contributed by atoms with van der Waals surface area (Å²) < 4.78 is 16.7. The van der Waals surface area contributed by atoms with Crippen LogP contribution < -0.4 is 0 Å². The van der Waals surface area contributed by atoms with E-state index in [0.29, 0.717) is 12.8 Å². The van der Waals surface area contributed by atoms with Crippen LogP contribution in [0.5, 0.6) is 0 Å². The Morgan fingerprint density at radius 2 is 0.656 bits per heavy atom. The zero-order valence-electron chi connectivity index (χ0n) is 41.0. The Morgan fingerprint density at radius 3 is 1.09 bits per heavy atom. The van der Waals surface area contributed by atoms with Crippen LogP contribution in [0.2, 0.25) is 0 Å². The van der Waals surface area contributed by atoms with Crippen LogP contribution in [0.3, 0.4) is 0 Å². The van der Waals surface area contributed by atoms with Crippen molar-refractivity contribution >= 4 is 17.9 Å². The third-order valence-corrected chi connectivity index (χ3v) is 10.2. The van der Waals surface area contributed by atoms with Crippen LogP contribution in [-0.4, -0.2) is 37.2 Å². The zero-order chi connectivity index (χ0) is 46.5. The first-order chi connectivity index (χ1) is 31.5. The molecule has 0 aromatic carbocycles. The smallest absolute Gasteiger partial charge is 0.306 e. The Balaban J connectivity index is 4.58. The molecule has 0 spiro atoms. The van der Waals surface area contributed by atoms with Crippen LogP contribution in [0.15, 0.2) is 122 Å². The number of ether oxygens (including phenoxy) is 3. The summed E-state index contributed by atoms with van der Waals surface area (Å²) in [5.74, 6) is -1.08. The number of hydrogen-bond donors (Lipinski definition) is 0. The number of esters is 3. The number of allylic oxidation sites excluding steroid dienone is 20. The molecule has 0 aliphatic rings. The van der Waals surface area contributed by atoms with Gasteiger partial charge in [-0.05, 0) is 109 Å². The number of unbranched alkanes of at least 4 members (excludes halogenated alkanes) is 13. The van der Waals surface area contributed by atoms with E-state index in [1.165, 1.54) is 51.4 Å². The molecule has 0 saturated carbocycles.